The van der Waals surface area contributed by atoms with Crippen molar-refractivity contribution in [1.29, 1.82) is 0 Å². The van der Waals surface area contributed by atoms with E-state index >= 15 is 0 Å². The Balaban J connectivity index is 1.38. The summed E-state index contributed by atoms with van der Waals surface area (Å²) >= 11 is 0. The zero-order valence-corrected chi connectivity index (χ0v) is 21.9. The number of para-hydroxylation sites is 1. The van der Waals surface area contributed by atoms with Crippen LogP contribution in [-0.2, 0) is 0 Å². The first-order valence-electron chi connectivity index (χ1n) is 12.8. The molecule has 0 unspecified atom stereocenters. The minimum absolute atomic E-state index is 0.104. The van der Waals surface area contributed by atoms with E-state index in [1.54, 1.807) is 30.3 Å². The maximum atomic E-state index is 14.5. The number of aliphatic hydroxyl groups is 1. The van der Waals surface area contributed by atoms with Crippen LogP contribution >= 0.6 is 0 Å². The first-order valence-corrected chi connectivity index (χ1v) is 12.8. The molecule has 0 atom stereocenters. The van der Waals surface area contributed by atoms with Crippen molar-refractivity contribution in [3.8, 4) is 17.1 Å². The van der Waals surface area contributed by atoms with Gasteiger partial charge in [0.1, 0.15) is 5.82 Å². The van der Waals surface area contributed by atoms with Crippen LogP contribution in [0.15, 0.2) is 66.9 Å². The number of rotatable bonds is 9. The van der Waals surface area contributed by atoms with Gasteiger partial charge in [0.25, 0.3) is 5.91 Å². The van der Waals surface area contributed by atoms with Crippen molar-refractivity contribution in [1.82, 2.24) is 24.8 Å². The van der Waals surface area contributed by atoms with E-state index in [1.807, 2.05) is 23.1 Å². The van der Waals surface area contributed by atoms with Gasteiger partial charge in [0.05, 0.1) is 19.3 Å². The number of benzene rings is 2. The Morgan fingerprint density at radius 1 is 1.02 bits per heavy atom. The van der Waals surface area contributed by atoms with Crippen LogP contribution in [0.5, 0.6) is 5.75 Å². The topological polar surface area (TPSA) is 129 Å². The molecule has 40 heavy (non-hydrogen) atoms. The van der Waals surface area contributed by atoms with E-state index in [0.29, 0.717) is 48.2 Å². The average Bonchev–Trinajstić information content (AvgIpc) is 2.98. The molecule has 1 amide bonds. The van der Waals surface area contributed by atoms with E-state index in [1.165, 1.54) is 25.4 Å². The summed E-state index contributed by atoms with van der Waals surface area (Å²) in [6.07, 6.45) is 1.46. The minimum atomic E-state index is -0.528. The van der Waals surface area contributed by atoms with Gasteiger partial charge in [-0.15, -0.1) is 0 Å². The number of β-amino-alcohol motifs (C(OH)–C–C–N with tert-alkyl or cyclic N) is 1. The Labute approximate surface area is 230 Å². The predicted molar refractivity (Wildman–Crippen MR) is 149 cm³/mol. The van der Waals surface area contributed by atoms with E-state index in [-0.39, 0.29) is 30.0 Å². The molecule has 5 rings (SSSR count). The Morgan fingerprint density at radius 2 is 1.82 bits per heavy atom. The number of aliphatic hydroxyl groups excluding tert-OH is 1. The zero-order chi connectivity index (χ0) is 27.9. The molecule has 0 spiro atoms. The number of hydrogen-bond acceptors (Lipinski definition) is 10. The third-order valence-electron chi connectivity index (χ3n) is 6.40. The highest BCUT2D eigenvalue weighted by atomic mass is 19.1. The summed E-state index contributed by atoms with van der Waals surface area (Å²) in [7, 11) is 1.40. The molecule has 12 heteroatoms. The summed E-state index contributed by atoms with van der Waals surface area (Å²) in [5.74, 6) is 0.682. The van der Waals surface area contributed by atoms with Gasteiger partial charge in [0.15, 0.2) is 17.4 Å². The number of aromatic nitrogens is 4. The summed E-state index contributed by atoms with van der Waals surface area (Å²) in [6.45, 7) is 3.52. The molecule has 3 heterocycles. The number of methoxy groups -OCH3 is 1. The number of carbonyl (C=O) groups excluding carboxylic acids is 1. The molecule has 1 fully saturated rings. The fraction of sp³-hybridized carbons (Fsp3) is 0.250. The van der Waals surface area contributed by atoms with Crippen molar-refractivity contribution in [3.05, 3.63) is 78.2 Å². The standard InChI is InChI=1S/C28H29FN8O3/c1-40-23-9-7-19(17-22(23)29)25-33-27(35-28(34-25)37-13-11-36(12-14-37)15-16-38)32-24-10-8-20(18-30-24)26(39)31-21-5-3-2-4-6-21/h2-10,17-18,38H,11-16H2,1H3,(H,31,39)(H,30,32,33,34,35). The summed E-state index contributed by atoms with van der Waals surface area (Å²) in [4.78, 5) is 34.9. The average molecular weight is 545 g/mol. The lowest BCUT2D eigenvalue weighted by atomic mass is 10.2. The van der Waals surface area contributed by atoms with E-state index in [0.717, 1.165) is 13.1 Å². The van der Waals surface area contributed by atoms with E-state index in [9.17, 15) is 14.3 Å². The summed E-state index contributed by atoms with van der Waals surface area (Å²) < 4.78 is 19.5. The van der Waals surface area contributed by atoms with Crippen LogP contribution in [0.1, 0.15) is 10.4 Å². The Morgan fingerprint density at radius 3 is 2.50 bits per heavy atom. The lowest BCUT2D eigenvalue weighted by Crippen LogP contribution is -2.47. The maximum Gasteiger partial charge on any atom is 0.257 e. The van der Waals surface area contributed by atoms with Gasteiger partial charge in [-0.1, -0.05) is 18.2 Å². The molecule has 0 bridgehead atoms. The van der Waals surface area contributed by atoms with Gasteiger partial charge in [-0.2, -0.15) is 15.0 Å². The van der Waals surface area contributed by atoms with Crippen LogP contribution in [0, 0.1) is 5.82 Å². The van der Waals surface area contributed by atoms with Crippen LogP contribution in [0.2, 0.25) is 0 Å². The van der Waals surface area contributed by atoms with Gasteiger partial charge in [-0.25, -0.2) is 9.37 Å². The lowest BCUT2D eigenvalue weighted by molar-refractivity contribution is 0.102. The minimum Gasteiger partial charge on any atom is -0.494 e. The zero-order valence-electron chi connectivity index (χ0n) is 21.9. The molecule has 11 nitrogen and oxygen atoms in total. The van der Waals surface area contributed by atoms with E-state index < -0.39 is 5.82 Å². The number of ether oxygens (including phenoxy) is 1. The highest BCUT2D eigenvalue weighted by Gasteiger charge is 2.21. The first kappa shape index (κ1) is 26.9. The highest BCUT2D eigenvalue weighted by Crippen LogP contribution is 2.26. The summed E-state index contributed by atoms with van der Waals surface area (Å²) in [5.41, 5.74) is 1.54. The molecule has 4 aromatic rings. The number of halogens is 1. The largest absolute Gasteiger partial charge is 0.494 e. The normalized spacial score (nSPS) is 13.6. The molecule has 2 aromatic heterocycles. The number of nitrogens with one attached hydrogen (secondary N) is 2. The lowest BCUT2D eigenvalue weighted by Gasteiger charge is -2.34. The molecule has 3 N–H and O–H groups in total. The predicted octanol–water partition coefficient (Wildman–Crippen LogP) is 3.19. The van der Waals surface area contributed by atoms with Crippen molar-refractivity contribution < 1.29 is 19.0 Å². The van der Waals surface area contributed by atoms with E-state index in [4.69, 9.17) is 4.74 Å². The second-order valence-electron chi connectivity index (χ2n) is 9.06. The first-order chi connectivity index (χ1) is 19.5. The molecular weight excluding hydrogens is 515 g/mol. The third-order valence-corrected chi connectivity index (χ3v) is 6.40. The van der Waals surface area contributed by atoms with Crippen molar-refractivity contribution in [2.75, 3.05) is 62.0 Å². The van der Waals surface area contributed by atoms with Crippen LogP contribution in [0.4, 0.5) is 27.8 Å². The smallest absolute Gasteiger partial charge is 0.257 e. The Bertz CT molecular complexity index is 1450. The highest BCUT2D eigenvalue weighted by molar-refractivity contribution is 6.04. The number of nitrogens with zero attached hydrogens (tertiary/aromatic N) is 6. The van der Waals surface area contributed by atoms with Crippen molar-refractivity contribution in [2.24, 2.45) is 0 Å². The van der Waals surface area contributed by atoms with Gasteiger partial charge in [0, 0.05) is 50.2 Å². The number of anilines is 4. The number of hydrogen-bond donors (Lipinski definition) is 3. The third kappa shape index (κ3) is 6.47. The molecule has 1 saturated heterocycles. The Kier molecular flexibility index (Phi) is 8.38. The fourth-order valence-corrected chi connectivity index (χ4v) is 4.25. The van der Waals surface area contributed by atoms with Gasteiger partial charge in [0.2, 0.25) is 11.9 Å². The molecule has 1 aliphatic heterocycles. The molecule has 0 saturated carbocycles. The van der Waals surface area contributed by atoms with Gasteiger partial charge < -0.3 is 25.4 Å². The summed E-state index contributed by atoms with van der Waals surface area (Å²) in [6, 6.07) is 17.0. The second kappa shape index (κ2) is 12.5. The van der Waals surface area contributed by atoms with Crippen LogP contribution < -0.4 is 20.3 Å². The van der Waals surface area contributed by atoms with Gasteiger partial charge in [-0.05, 0) is 42.5 Å². The van der Waals surface area contributed by atoms with Crippen molar-refractivity contribution in [2.45, 2.75) is 0 Å². The molecule has 0 aliphatic carbocycles. The van der Waals surface area contributed by atoms with Crippen LogP contribution in [0.3, 0.4) is 0 Å². The number of piperazine rings is 1. The van der Waals surface area contributed by atoms with E-state index in [2.05, 4.69) is 35.5 Å². The number of pyridine rings is 1. The van der Waals surface area contributed by atoms with Crippen LogP contribution in [0.25, 0.3) is 11.4 Å². The van der Waals surface area contributed by atoms with Crippen molar-refractivity contribution in [3.63, 3.8) is 0 Å². The Hall–Kier alpha value is -4.68. The molecule has 0 radical (unpaired) electrons. The maximum absolute atomic E-state index is 14.5. The van der Waals surface area contributed by atoms with Crippen LogP contribution in [-0.4, -0.2) is 82.3 Å². The number of carbonyl (C=O) groups is 1. The quantitative estimate of drug-likeness (QED) is 0.289. The van der Waals surface area contributed by atoms with Gasteiger partial charge >= 0.3 is 0 Å². The SMILES string of the molecule is COc1ccc(-c2nc(Nc3ccc(C(=O)Nc4ccccc4)cn3)nc(N3CCN(CCO)CC3)n2)cc1F. The van der Waals surface area contributed by atoms with Gasteiger partial charge in [-0.3, -0.25) is 9.69 Å². The molecule has 206 valence electrons. The monoisotopic (exact) mass is 544 g/mol. The fourth-order valence-electron chi connectivity index (χ4n) is 4.25. The molecular formula is C28H29FN8O3. The van der Waals surface area contributed by atoms with Crippen molar-refractivity contribution >= 4 is 29.3 Å². The molecule has 2 aromatic carbocycles. The number of amides is 1. The summed E-state index contributed by atoms with van der Waals surface area (Å²) in [5, 5.41) is 15.2. The second-order valence-corrected chi connectivity index (χ2v) is 9.06. The molecule has 1 aliphatic rings.